The van der Waals surface area contributed by atoms with E-state index in [1.54, 1.807) is 7.11 Å². The van der Waals surface area contributed by atoms with Gasteiger partial charge >= 0.3 is 6.18 Å². The number of aromatic nitrogens is 1. The summed E-state index contributed by atoms with van der Waals surface area (Å²) in [5.41, 5.74) is 0.0918. The summed E-state index contributed by atoms with van der Waals surface area (Å²) in [5.74, 6) is 0.345. The lowest BCUT2D eigenvalue weighted by Gasteiger charge is -2.39. The van der Waals surface area contributed by atoms with Gasteiger partial charge in [-0.25, -0.2) is 0 Å². The first-order valence-corrected chi connectivity index (χ1v) is 12.5. The molecular weight excluding hydrogens is 459 g/mol. The molecule has 0 radical (unpaired) electrons. The van der Waals surface area contributed by atoms with Crippen molar-refractivity contribution in [3.05, 3.63) is 35.7 Å². The molecule has 1 N–H and O–H groups in total. The Kier molecular flexibility index (Phi) is 7.88. The predicted octanol–water partition coefficient (Wildman–Crippen LogP) is 4.30. The molecule has 0 bridgehead atoms. The third-order valence-electron chi connectivity index (χ3n) is 8.07. The fraction of sp³-hybridized carbons (Fsp3) is 0.692. The van der Waals surface area contributed by atoms with Crippen LogP contribution >= 0.6 is 0 Å². The van der Waals surface area contributed by atoms with Crippen molar-refractivity contribution in [3.8, 4) is 0 Å². The molecule has 0 aromatic carbocycles. The van der Waals surface area contributed by atoms with Gasteiger partial charge in [-0.05, 0) is 55.2 Å². The van der Waals surface area contributed by atoms with Crippen LogP contribution in [0.3, 0.4) is 0 Å². The van der Waals surface area contributed by atoms with Gasteiger partial charge in [0, 0.05) is 51.3 Å². The Morgan fingerprint density at radius 1 is 1.31 bits per heavy atom. The predicted molar refractivity (Wildman–Crippen MR) is 126 cm³/mol. The third kappa shape index (κ3) is 5.57. The first-order chi connectivity index (χ1) is 16.6. The molecule has 2 aliphatic heterocycles. The second-order valence-corrected chi connectivity index (χ2v) is 10.4. The fourth-order valence-electron chi connectivity index (χ4n) is 5.82. The molecule has 3 unspecified atom stereocenters. The Bertz CT molecular complexity index is 936. The quantitative estimate of drug-likeness (QED) is 0.638. The van der Waals surface area contributed by atoms with Crippen LogP contribution in [0.5, 0.6) is 0 Å². The molecule has 1 saturated heterocycles. The van der Waals surface area contributed by atoms with Gasteiger partial charge in [-0.2, -0.15) is 13.2 Å². The molecule has 2 fully saturated rings. The maximum Gasteiger partial charge on any atom is 0.417 e. The highest BCUT2D eigenvalue weighted by Gasteiger charge is 2.50. The third-order valence-corrected chi connectivity index (χ3v) is 8.07. The van der Waals surface area contributed by atoms with Gasteiger partial charge in [0.05, 0.1) is 23.7 Å². The number of amides is 1. The van der Waals surface area contributed by atoms with E-state index in [9.17, 15) is 18.0 Å². The first kappa shape index (κ1) is 26.1. The van der Waals surface area contributed by atoms with E-state index in [4.69, 9.17) is 9.47 Å². The minimum Gasteiger partial charge on any atom is -0.379 e. The molecule has 6 nitrogen and oxygen atoms in total. The molecule has 1 saturated carbocycles. The van der Waals surface area contributed by atoms with Crippen LogP contribution in [0.2, 0.25) is 0 Å². The molecule has 1 aliphatic carbocycles. The van der Waals surface area contributed by atoms with Crippen LogP contribution in [0.15, 0.2) is 24.5 Å². The lowest BCUT2D eigenvalue weighted by molar-refractivity contribution is -0.144. The summed E-state index contributed by atoms with van der Waals surface area (Å²) in [5, 5.41) is 3.75. The van der Waals surface area contributed by atoms with Crippen LogP contribution in [0.4, 0.5) is 13.2 Å². The number of hydrogen-bond acceptors (Lipinski definition) is 5. The molecule has 0 spiro atoms. The molecule has 9 heteroatoms. The first-order valence-electron chi connectivity index (χ1n) is 12.5. The number of alkyl halides is 3. The molecule has 3 heterocycles. The summed E-state index contributed by atoms with van der Waals surface area (Å²) < 4.78 is 50.4. The Labute approximate surface area is 205 Å². The van der Waals surface area contributed by atoms with E-state index in [1.165, 1.54) is 6.20 Å². The number of hydrogen-bond donors (Lipinski definition) is 1. The fourth-order valence-corrected chi connectivity index (χ4v) is 5.82. The molecule has 1 aromatic heterocycles. The Morgan fingerprint density at radius 3 is 2.77 bits per heavy atom. The van der Waals surface area contributed by atoms with Gasteiger partial charge in [0.1, 0.15) is 0 Å². The topological polar surface area (TPSA) is 63.7 Å². The molecule has 4 rings (SSSR count). The van der Waals surface area contributed by atoms with Crippen LogP contribution < -0.4 is 5.32 Å². The highest BCUT2D eigenvalue weighted by molar-refractivity contribution is 5.84. The summed E-state index contributed by atoms with van der Waals surface area (Å²) in [4.78, 5) is 19.5. The standard InChI is InChI=1S/C26H36F3N3O3/c1-17(2)25(8-4-21(13-25)31-22-7-11-35-16-23(22)34-3)24(33)32-9-5-18(6-10-32)19-12-20(15-30-14-19)26(27,28)29/h5,12,14-15,17,21-23,31H,4,6-11,13,16H2,1-3H3/t21?,22?,23?,25-/m0/s1. The SMILES string of the molecule is COC1COCCC1NC1CC[C@@](C(=O)N2CC=C(c3cncc(C(F)(F)F)c3)CC2)(C(C)C)C1. The van der Waals surface area contributed by atoms with Crippen molar-refractivity contribution in [3.63, 3.8) is 0 Å². The molecule has 1 amide bonds. The average molecular weight is 496 g/mol. The normalized spacial score (nSPS) is 30.0. The number of nitrogens with zero attached hydrogens (tertiary/aromatic N) is 2. The van der Waals surface area contributed by atoms with E-state index in [2.05, 4.69) is 24.1 Å². The molecule has 1 aromatic rings. The molecule has 35 heavy (non-hydrogen) atoms. The van der Waals surface area contributed by atoms with E-state index in [1.807, 2.05) is 11.0 Å². The average Bonchev–Trinajstić information content (AvgIpc) is 3.29. The van der Waals surface area contributed by atoms with Gasteiger partial charge in [0.25, 0.3) is 0 Å². The van der Waals surface area contributed by atoms with Crippen LogP contribution in [0.25, 0.3) is 5.57 Å². The maximum absolute atomic E-state index is 13.8. The molecule has 4 atom stereocenters. The number of pyridine rings is 1. The lowest BCUT2D eigenvalue weighted by Crippen LogP contribution is -2.52. The summed E-state index contributed by atoms with van der Waals surface area (Å²) >= 11 is 0. The van der Waals surface area contributed by atoms with Gasteiger partial charge in [-0.3, -0.25) is 9.78 Å². The van der Waals surface area contributed by atoms with Gasteiger partial charge in [-0.1, -0.05) is 19.9 Å². The maximum atomic E-state index is 13.8. The van der Waals surface area contributed by atoms with Crippen molar-refractivity contribution in [1.82, 2.24) is 15.2 Å². The van der Waals surface area contributed by atoms with Crippen LogP contribution in [-0.2, 0) is 20.4 Å². The van der Waals surface area contributed by atoms with Crippen molar-refractivity contribution in [2.75, 3.05) is 33.4 Å². The van der Waals surface area contributed by atoms with Gasteiger partial charge < -0.3 is 19.7 Å². The monoisotopic (exact) mass is 495 g/mol. The summed E-state index contributed by atoms with van der Waals surface area (Å²) in [6, 6.07) is 1.61. The number of methoxy groups -OCH3 is 1. The van der Waals surface area contributed by atoms with Crippen molar-refractivity contribution < 1.29 is 27.4 Å². The minimum atomic E-state index is -4.43. The molecular formula is C26H36F3N3O3. The van der Waals surface area contributed by atoms with E-state index in [-0.39, 0.29) is 30.0 Å². The molecule has 3 aliphatic rings. The number of ether oxygens (including phenoxy) is 2. The zero-order chi connectivity index (χ0) is 25.2. The van der Waals surface area contributed by atoms with Gasteiger partial charge in [0.15, 0.2) is 0 Å². The van der Waals surface area contributed by atoms with Crippen molar-refractivity contribution >= 4 is 11.5 Å². The smallest absolute Gasteiger partial charge is 0.379 e. The lowest BCUT2D eigenvalue weighted by atomic mass is 9.74. The Balaban J connectivity index is 1.43. The number of nitrogens with one attached hydrogen (secondary N) is 1. The van der Waals surface area contributed by atoms with E-state index in [0.717, 1.165) is 43.5 Å². The van der Waals surface area contributed by atoms with E-state index >= 15 is 0 Å². The van der Waals surface area contributed by atoms with Crippen molar-refractivity contribution in [1.29, 1.82) is 0 Å². The summed E-state index contributed by atoms with van der Waals surface area (Å²) in [6.07, 6.45) is 3.72. The zero-order valence-corrected chi connectivity index (χ0v) is 20.7. The highest BCUT2D eigenvalue weighted by atomic mass is 19.4. The summed E-state index contributed by atoms with van der Waals surface area (Å²) in [7, 11) is 1.71. The Morgan fingerprint density at radius 2 is 2.11 bits per heavy atom. The number of carbonyl (C=O) groups is 1. The van der Waals surface area contributed by atoms with Crippen LogP contribution in [0, 0.1) is 11.3 Å². The van der Waals surface area contributed by atoms with Crippen molar-refractivity contribution in [2.45, 2.75) is 70.3 Å². The Hall–Kier alpha value is -1.97. The second kappa shape index (κ2) is 10.6. The largest absolute Gasteiger partial charge is 0.417 e. The number of halogens is 3. The van der Waals surface area contributed by atoms with E-state index in [0.29, 0.717) is 38.3 Å². The van der Waals surface area contributed by atoms with Gasteiger partial charge in [-0.15, -0.1) is 0 Å². The summed E-state index contributed by atoms with van der Waals surface area (Å²) in [6.45, 7) is 6.43. The van der Waals surface area contributed by atoms with Crippen molar-refractivity contribution in [2.24, 2.45) is 11.3 Å². The van der Waals surface area contributed by atoms with Crippen LogP contribution in [0.1, 0.15) is 57.1 Å². The van der Waals surface area contributed by atoms with E-state index < -0.39 is 17.2 Å². The second-order valence-electron chi connectivity index (χ2n) is 10.4. The minimum absolute atomic E-state index is 0.0180. The van der Waals surface area contributed by atoms with Gasteiger partial charge in [0.2, 0.25) is 5.91 Å². The molecule has 194 valence electrons. The van der Waals surface area contributed by atoms with Crippen LogP contribution in [-0.4, -0.2) is 67.4 Å². The zero-order valence-electron chi connectivity index (χ0n) is 20.7. The number of rotatable bonds is 6. The highest BCUT2D eigenvalue weighted by Crippen LogP contribution is 2.46. The number of carbonyl (C=O) groups excluding carboxylic acids is 1.